The van der Waals surface area contributed by atoms with Crippen LogP contribution in [0.4, 0.5) is 0 Å². The first-order chi connectivity index (χ1) is 14.1. The van der Waals surface area contributed by atoms with Gasteiger partial charge in [0.2, 0.25) is 11.1 Å². The molecule has 3 aromatic rings. The normalized spacial score (nSPS) is 24.6. The maximum Gasteiger partial charge on any atom is 0.218 e. The number of aromatic nitrogens is 3. The van der Waals surface area contributed by atoms with Gasteiger partial charge in [0, 0.05) is 12.1 Å². The van der Waals surface area contributed by atoms with Crippen molar-refractivity contribution in [2.75, 3.05) is 6.61 Å². The quantitative estimate of drug-likeness (QED) is 0.668. The van der Waals surface area contributed by atoms with E-state index in [1.54, 1.807) is 9.25 Å². The van der Waals surface area contributed by atoms with Gasteiger partial charge in [-0.25, -0.2) is 4.68 Å². The van der Waals surface area contributed by atoms with Crippen LogP contribution < -0.4 is 0 Å². The van der Waals surface area contributed by atoms with Crippen molar-refractivity contribution in [2.45, 2.75) is 31.0 Å². The van der Waals surface area contributed by atoms with Gasteiger partial charge in [-0.05, 0) is 29.9 Å². The Bertz CT molecular complexity index is 1100. The molecule has 2 bridgehead atoms. The molecule has 0 aliphatic carbocycles. The number of ether oxygens (including phenoxy) is 2. The molecular weight excluding hydrogens is 390 g/mol. The third-order valence-corrected chi connectivity index (χ3v) is 5.70. The number of rotatable bonds is 4. The zero-order valence-electron chi connectivity index (χ0n) is 15.4. The van der Waals surface area contributed by atoms with Crippen molar-refractivity contribution < 1.29 is 19.4 Å². The van der Waals surface area contributed by atoms with Gasteiger partial charge in [-0.15, -0.1) is 0 Å². The molecule has 0 radical (unpaired) electrons. The first kappa shape index (κ1) is 18.4. The molecule has 0 saturated carbocycles. The number of hydrogen-bond acceptors (Lipinski definition) is 6. The number of ketones is 1. The highest BCUT2D eigenvalue weighted by Crippen LogP contribution is 2.34. The fourth-order valence-electron chi connectivity index (χ4n) is 3.86. The standard InChI is InChI=1S/C21H19N3O4S/c25-16-11-15(17-12-27-20(16)28-17)24-21(29)23(14-9-5-2-6-10-14)19(22-24)18(26)13-7-3-1-4-8-13/h1-10,15,17-18,20,26H,11-12H2/t15-,17+,18-,20+/m0/s1. The number of para-hydroxylation sites is 1. The minimum Gasteiger partial charge on any atom is -0.380 e. The predicted octanol–water partition coefficient (Wildman–Crippen LogP) is 2.74. The second-order valence-corrected chi connectivity index (χ2v) is 7.51. The Balaban J connectivity index is 1.65. The Morgan fingerprint density at radius 3 is 2.52 bits per heavy atom. The van der Waals surface area contributed by atoms with Crippen LogP contribution in [0.3, 0.4) is 0 Å². The summed E-state index contributed by atoms with van der Waals surface area (Å²) in [4.78, 5) is 12.3. The van der Waals surface area contributed by atoms with E-state index in [1.165, 1.54) is 0 Å². The lowest BCUT2D eigenvalue weighted by Gasteiger charge is -2.26. The van der Waals surface area contributed by atoms with Crippen LogP contribution in [-0.2, 0) is 14.3 Å². The molecule has 5 rings (SSSR count). The molecule has 4 atom stereocenters. The average Bonchev–Trinajstić information content (AvgIpc) is 3.34. The third-order valence-electron chi connectivity index (χ3n) is 5.33. The number of fused-ring (bicyclic) bond motifs is 2. The number of aliphatic hydroxyl groups excluding tert-OH is 1. The van der Waals surface area contributed by atoms with Crippen LogP contribution in [0.5, 0.6) is 0 Å². The molecule has 1 N–H and O–H groups in total. The average molecular weight is 409 g/mol. The molecule has 0 unspecified atom stereocenters. The minimum absolute atomic E-state index is 0.120. The minimum atomic E-state index is -0.979. The number of nitrogens with zero attached hydrogens (tertiary/aromatic N) is 3. The Kier molecular flexibility index (Phi) is 4.63. The molecule has 0 spiro atoms. The predicted molar refractivity (Wildman–Crippen MR) is 106 cm³/mol. The van der Waals surface area contributed by atoms with Gasteiger partial charge >= 0.3 is 0 Å². The Morgan fingerprint density at radius 1 is 1.10 bits per heavy atom. The van der Waals surface area contributed by atoms with Crippen molar-refractivity contribution in [3.05, 3.63) is 76.8 Å². The van der Waals surface area contributed by atoms with Crippen LogP contribution in [-0.4, -0.2) is 44.2 Å². The van der Waals surface area contributed by atoms with E-state index in [0.29, 0.717) is 22.8 Å². The molecule has 3 heterocycles. The number of Topliss-reactive ketones (excluding diaryl/α,β-unsaturated/α-hetero) is 1. The SMILES string of the molecule is O=C1C[C@H](n2nc([C@@H](O)c3ccccc3)n(-c3ccccc3)c2=S)[C@H]2CO[C@@H]1O2. The second kappa shape index (κ2) is 7.31. The van der Waals surface area contributed by atoms with E-state index in [9.17, 15) is 9.90 Å². The van der Waals surface area contributed by atoms with Crippen LogP contribution in [0.25, 0.3) is 5.69 Å². The number of carbonyl (C=O) groups excluding carboxylic acids is 1. The number of aliphatic hydroxyl groups is 1. The molecule has 8 heteroatoms. The van der Waals surface area contributed by atoms with E-state index in [1.807, 2.05) is 60.7 Å². The third kappa shape index (κ3) is 3.14. The molecule has 148 valence electrons. The summed E-state index contributed by atoms with van der Waals surface area (Å²) in [6.45, 7) is 0.317. The molecule has 2 fully saturated rings. The van der Waals surface area contributed by atoms with Crippen LogP contribution in [0, 0.1) is 4.77 Å². The summed E-state index contributed by atoms with van der Waals surface area (Å²) in [5.74, 6) is 0.269. The monoisotopic (exact) mass is 409 g/mol. The van der Waals surface area contributed by atoms with Crippen molar-refractivity contribution >= 4 is 18.0 Å². The van der Waals surface area contributed by atoms with Crippen molar-refractivity contribution in [1.29, 1.82) is 0 Å². The van der Waals surface area contributed by atoms with Crippen LogP contribution in [0.2, 0.25) is 0 Å². The van der Waals surface area contributed by atoms with Crippen molar-refractivity contribution in [3.8, 4) is 5.69 Å². The summed E-state index contributed by atoms with van der Waals surface area (Å²) < 4.78 is 14.9. The zero-order chi connectivity index (χ0) is 20.0. The smallest absolute Gasteiger partial charge is 0.218 e. The summed E-state index contributed by atoms with van der Waals surface area (Å²) in [5.41, 5.74) is 1.49. The number of carbonyl (C=O) groups is 1. The summed E-state index contributed by atoms with van der Waals surface area (Å²) in [7, 11) is 0. The maximum absolute atomic E-state index is 12.3. The summed E-state index contributed by atoms with van der Waals surface area (Å²) in [6.07, 6.45) is -1.83. The largest absolute Gasteiger partial charge is 0.380 e. The lowest BCUT2D eigenvalue weighted by molar-refractivity contribution is -0.156. The van der Waals surface area contributed by atoms with E-state index in [-0.39, 0.29) is 24.3 Å². The molecule has 0 amide bonds. The molecule has 2 saturated heterocycles. The highest BCUT2D eigenvalue weighted by atomic mass is 32.1. The molecular formula is C21H19N3O4S. The van der Waals surface area contributed by atoms with Crippen molar-refractivity contribution in [3.63, 3.8) is 0 Å². The van der Waals surface area contributed by atoms with Gasteiger partial charge in [0.1, 0.15) is 12.2 Å². The number of benzene rings is 2. The van der Waals surface area contributed by atoms with Gasteiger partial charge in [0.25, 0.3) is 0 Å². The van der Waals surface area contributed by atoms with E-state index < -0.39 is 12.4 Å². The highest BCUT2D eigenvalue weighted by Gasteiger charge is 2.45. The number of hydrogen-bond donors (Lipinski definition) is 1. The molecule has 2 aliphatic heterocycles. The molecule has 1 aromatic heterocycles. The zero-order valence-corrected chi connectivity index (χ0v) is 16.2. The maximum atomic E-state index is 12.3. The highest BCUT2D eigenvalue weighted by molar-refractivity contribution is 7.71. The van der Waals surface area contributed by atoms with Gasteiger partial charge in [-0.1, -0.05) is 48.5 Å². The van der Waals surface area contributed by atoms with Gasteiger partial charge in [-0.3, -0.25) is 9.36 Å². The lowest BCUT2D eigenvalue weighted by Crippen LogP contribution is -2.37. The van der Waals surface area contributed by atoms with Gasteiger partial charge in [0.05, 0.1) is 12.6 Å². The lowest BCUT2D eigenvalue weighted by atomic mass is 10.0. The Hall–Kier alpha value is -2.65. The summed E-state index contributed by atoms with van der Waals surface area (Å²) in [5, 5.41) is 15.8. The second-order valence-electron chi connectivity index (χ2n) is 7.15. The van der Waals surface area contributed by atoms with Gasteiger partial charge in [0.15, 0.2) is 11.6 Å². The Morgan fingerprint density at radius 2 is 1.79 bits per heavy atom. The molecule has 2 aromatic carbocycles. The van der Waals surface area contributed by atoms with E-state index >= 15 is 0 Å². The van der Waals surface area contributed by atoms with Crippen LogP contribution in [0.1, 0.15) is 30.0 Å². The first-order valence-electron chi connectivity index (χ1n) is 9.43. The topological polar surface area (TPSA) is 78.5 Å². The fraction of sp³-hybridized carbons (Fsp3) is 0.286. The molecule has 7 nitrogen and oxygen atoms in total. The van der Waals surface area contributed by atoms with E-state index in [4.69, 9.17) is 21.7 Å². The molecule has 2 aliphatic rings. The summed E-state index contributed by atoms with van der Waals surface area (Å²) in [6, 6.07) is 18.4. The van der Waals surface area contributed by atoms with Crippen molar-refractivity contribution in [2.24, 2.45) is 0 Å². The van der Waals surface area contributed by atoms with Gasteiger partial charge in [-0.2, -0.15) is 5.10 Å². The van der Waals surface area contributed by atoms with E-state index in [0.717, 1.165) is 5.69 Å². The van der Waals surface area contributed by atoms with Crippen LogP contribution in [0.15, 0.2) is 60.7 Å². The van der Waals surface area contributed by atoms with Crippen LogP contribution >= 0.6 is 12.2 Å². The van der Waals surface area contributed by atoms with Gasteiger partial charge < -0.3 is 14.6 Å². The fourth-order valence-corrected chi connectivity index (χ4v) is 4.24. The summed E-state index contributed by atoms with van der Waals surface area (Å²) >= 11 is 5.74. The van der Waals surface area contributed by atoms with Crippen molar-refractivity contribution in [1.82, 2.24) is 14.3 Å². The van der Waals surface area contributed by atoms with E-state index in [2.05, 4.69) is 5.10 Å². The Labute approximate surface area is 172 Å². The molecule has 29 heavy (non-hydrogen) atoms. The first-order valence-corrected chi connectivity index (χ1v) is 9.84.